The molecule has 4 aromatic rings. The number of benzene rings is 2. The van der Waals surface area contributed by atoms with Crippen molar-refractivity contribution in [3.05, 3.63) is 77.1 Å². The van der Waals surface area contributed by atoms with Crippen LogP contribution in [0.25, 0.3) is 11.3 Å². The molecule has 0 unspecified atom stereocenters. The number of nitrogens with zero attached hydrogens (tertiary/aromatic N) is 4. The minimum atomic E-state index is -3.99. The molecule has 2 aromatic heterocycles. The summed E-state index contributed by atoms with van der Waals surface area (Å²) in [6, 6.07) is 12.5. The van der Waals surface area contributed by atoms with Gasteiger partial charge in [0.2, 0.25) is 11.8 Å². The largest absolute Gasteiger partial charge is 0.439 e. The van der Waals surface area contributed by atoms with Gasteiger partial charge in [0, 0.05) is 37.5 Å². The van der Waals surface area contributed by atoms with Crippen molar-refractivity contribution in [3.63, 3.8) is 0 Å². The van der Waals surface area contributed by atoms with Crippen molar-refractivity contribution in [1.29, 1.82) is 0 Å². The highest BCUT2D eigenvalue weighted by atomic mass is 32.2. The Hall–Kier alpha value is -4.25. The van der Waals surface area contributed by atoms with E-state index in [9.17, 15) is 13.2 Å². The molecule has 0 radical (unpaired) electrons. The van der Waals surface area contributed by atoms with Crippen LogP contribution in [0, 0.1) is 20.8 Å². The van der Waals surface area contributed by atoms with Gasteiger partial charge in [0.25, 0.3) is 15.9 Å². The average Bonchev–Trinajstić information content (AvgIpc) is 3.27. The fourth-order valence-electron chi connectivity index (χ4n) is 3.75. The molecule has 0 saturated carbocycles. The molecule has 0 spiro atoms. The van der Waals surface area contributed by atoms with Crippen molar-refractivity contribution in [3.8, 4) is 22.9 Å². The Morgan fingerprint density at radius 1 is 1.00 bits per heavy atom. The molecule has 2 heterocycles. The Morgan fingerprint density at radius 2 is 1.72 bits per heavy atom. The van der Waals surface area contributed by atoms with Gasteiger partial charge in [-0.25, -0.2) is 18.1 Å². The van der Waals surface area contributed by atoms with Crippen molar-refractivity contribution in [2.45, 2.75) is 25.7 Å². The van der Waals surface area contributed by atoms with Crippen LogP contribution in [-0.2, 0) is 17.1 Å². The second kappa shape index (κ2) is 9.78. The zero-order valence-electron chi connectivity index (χ0n) is 20.5. The molecule has 1 amide bonds. The van der Waals surface area contributed by atoms with E-state index in [1.54, 1.807) is 45.3 Å². The number of aryl methyl sites for hydroxylation is 4. The summed E-state index contributed by atoms with van der Waals surface area (Å²) in [4.78, 5) is 20.7. The maximum atomic E-state index is 12.9. The lowest BCUT2D eigenvalue weighted by Gasteiger charge is -2.14. The highest BCUT2D eigenvalue weighted by Crippen LogP contribution is 2.32. The molecule has 0 aliphatic heterocycles. The molecule has 2 aromatic carbocycles. The van der Waals surface area contributed by atoms with Crippen molar-refractivity contribution >= 4 is 21.9 Å². The molecule has 2 N–H and O–H groups in total. The van der Waals surface area contributed by atoms with Gasteiger partial charge in [-0.3, -0.25) is 9.48 Å². The molecule has 10 nitrogen and oxygen atoms in total. The Bertz CT molecular complexity index is 1540. The summed E-state index contributed by atoms with van der Waals surface area (Å²) in [6.07, 6.45) is 2.62. The molecule has 4 rings (SSSR count). The molecule has 0 fully saturated rings. The van der Waals surface area contributed by atoms with E-state index >= 15 is 0 Å². The normalized spacial score (nSPS) is 11.2. The Morgan fingerprint density at radius 3 is 2.33 bits per heavy atom. The molecule has 0 aliphatic rings. The third kappa shape index (κ3) is 5.20. The number of hydrogen-bond acceptors (Lipinski definition) is 7. The first-order valence-electron chi connectivity index (χ1n) is 11.0. The van der Waals surface area contributed by atoms with Crippen molar-refractivity contribution in [1.82, 2.24) is 25.1 Å². The minimum Gasteiger partial charge on any atom is -0.439 e. The lowest BCUT2D eigenvalue weighted by Crippen LogP contribution is -2.17. The van der Waals surface area contributed by atoms with Crippen LogP contribution in [0.5, 0.6) is 11.6 Å². The van der Waals surface area contributed by atoms with Crippen molar-refractivity contribution in [2.75, 3.05) is 11.8 Å². The van der Waals surface area contributed by atoms with Gasteiger partial charge >= 0.3 is 0 Å². The predicted molar refractivity (Wildman–Crippen MR) is 136 cm³/mol. The van der Waals surface area contributed by atoms with Crippen LogP contribution >= 0.6 is 0 Å². The van der Waals surface area contributed by atoms with Crippen LogP contribution in [0.1, 0.15) is 27.0 Å². The molecule has 11 heteroatoms. The maximum absolute atomic E-state index is 12.9. The average molecular weight is 507 g/mol. The number of ether oxygens (including phenoxy) is 1. The van der Waals surface area contributed by atoms with Crippen LogP contribution in [0.4, 0.5) is 5.95 Å². The molecule has 0 saturated heterocycles. The fourth-order valence-corrected chi connectivity index (χ4v) is 4.67. The lowest BCUT2D eigenvalue weighted by atomic mass is 10.00. The minimum absolute atomic E-state index is 0.0193. The number of nitrogens with one attached hydrogen (secondary N) is 2. The highest BCUT2D eigenvalue weighted by Gasteiger charge is 2.20. The first kappa shape index (κ1) is 24.9. The quantitative estimate of drug-likeness (QED) is 0.391. The molecule has 0 aliphatic carbocycles. The van der Waals surface area contributed by atoms with Crippen LogP contribution < -0.4 is 14.8 Å². The second-order valence-electron chi connectivity index (χ2n) is 8.30. The van der Waals surface area contributed by atoms with Crippen LogP contribution in [-0.4, -0.2) is 41.1 Å². The van der Waals surface area contributed by atoms with Gasteiger partial charge in [-0.05, 0) is 55.7 Å². The number of anilines is 1. The standard InChI is InChI=1S/C25H26N6O4S/c1-15-7-6-8-16(2)23(15)20-12-22(35-21-10-9-18(11-17(21)3)24(32)26-4)29-25(28-20)30-36(33,34)19-13-27-31(5)14-19/h6-14H,1-5H3,(H,26,32)(H,28,29,30). The summed E-state index contributed by atoms with van der Waals surface area (Å²) in [5.74, 6) is 0.252. The number of aromatic nitrogens is 4. The van der Waals surface area contributed by atoms with E-state index in [2.05, 4.69) is 25.1 Å². The summed E-state index contributed by atoms with van der Waals surface area (Å²) < 4.78 is 35.7. The number of sulfonamides is 1. The number of carbonyl (C=O) groups is 1. The number of carbonyl (C=O) groups excluding carboxylic acids is 1. The monoisotopic (exact) mass is 506 g/mol. The topological polar surface area (TPSA) is 128 Å². The van der Waals surface area contributed by atoms with Gasteiger partial charge in [-0.15, -0.1) is 0 Å². The van der Waals surface area contributed by atoms with E-state index in [0.717, 1.165) is 16.7 Å². The molecule has 0 atom stereocenters. The Labute approximate surface area is 209 Å². The summed E-state index contributed by atoms with van der Waals surface area (Å²) in [6.45, 7) is 5.71. The van der Waals surface area contributed by atoms with E-state index in [-0.39, 0.29) is 22.6 Å². The number of hydrogen-bond donors (Lipinski definition) is 2. The molecule has 0 bridgehead atoms. The van der Waals surface area contributed by atoms with Crippen LogP contribution in [0.2, 0.25) is 0 Å². The summed E-state index contributed by atoms with van der Waals surface area (Å²) in [7, 11) is -0.798. The van der Waals surface area contributed by atoms with Gasteiger partial charge in [0.15, 0.2) is 0 Å². The van der Waals surface area contributed by atoms with Crippen LogP contribution in [0.15, 0.2) is 59.8 Å². The SMILES string of the molecule is CNC(=O)c1ccc(Oc2cc(-c3c(C)cccc3C)nc(NS(=O)(=O)c3cnn(C)c3)n2)c(C)c1. The first-order valence-corrected chi connectivity index (χ1v) is 12.5. The molecule has 36 heavy (non-hydrogen) atoms. The van der Waals surface area contributed by atoms with Gasteiger partial charge < -0.3 is 10.1 Å². The maximum Gasteiger partial charge on any atom is 0.267 e. The van der Waals surface area contributed by atoms with E-state index in [1.807, 2.05) is 32.0 Å². The van der Waals surface area contributed by atoms with Crippen LogP contribution in [0.3, 0.4) is 0 Å². The summed E-state index contributed by atoms with van der Waals surface area (Å²) >= 11 is 0. The number of rotatable bonds is 7. The van der Waals surface area contributed by atoms with Gasteiger partial charge in [-0.1, -0.05) is 18.2 Å². The van der Waals surface area contributed by atoms with Crippen molar-refractivity contribution in [2.24, 2.45) is 7.05 Å². The first-order chi connectivity index (χ1) is 17.1. The molecule has 186 valence electrons. The smallest absolute Gasteiger partial charge is 0.267 e. The third-order valence-corrected chi connectivity index (χ3v) is 6.82. The highest BCUT2D eigenvalue weighted by molar-refractivity contribution is 7.92. The summed E-state index contributed by atoms with van der Waals surface area (Å²) in [5.41, 5.74) is 4.48. The van der Waals surface area contributed by atoms with Gasteiger partial charge in [0.05, 0.1) is 11.9 Å². The zero-order chi connectivity index (χ0) is 26.0. The fraction of sp³-hybridized carbons (Fsp3) is 0.200. The summed E-state index contributed by atoms with van der Waals surface area (Å²) in [5, 5.41) is 6.51. The van der Waals surface area contributed by atoms with E-state index in [1.165, 1.54) is 17.1 Å². The Balaban J connectivity index is 1.78. The second-order valence-corrected chi connectivity index (χ2v) is 9.98. The van der Waals surface area contributed by atoms with Gasteiger partial charge in [-0.2, -0.15) is 10.1 Å². The number of amides is 1. The lowest BCUT2D eigenvalue weighted by molar-refractivity contribution is 0.0963. The van der Waals surface area contributed by atoms with E-state index in [4.69, 9.17) is 4.74 Å². The van der Waals surface area contributed by atoms with Crippen molar-refractivity contribution < 1.29 is 17.9 Å². The van der Waals surface area contributed by atoms with Gasteiger partial charge in [0.1, 0.15) is 10.6 Å². The molecular weight excluding hydrogens is 480 g/mol. The Kier molecular flexibility index (Phi) is 6.75. The predicted octanol–water partition coefficient (Wildman–Crippen LogP) is 3.76. The zero-order valence-corrected chi connectivity index (χ0v) is 21.3. The van der Waals surface area contributed by atoms with E-state index in [0.29, 0.717) is 22.6 Å². The third-order valence-electron chi connectivity index (χ3n) is 5.54. The van der Waals surface area contributed by atoms with E-state index < -0.39 is 10.0 Å². The molecular formula is C25H26N6O4S.